The molecule has 9 nitrogen and oxygen atoms in total. The van der Waals surface area contributed by atoms with Gasteiger partial charge in [-0.15, -0.1) is 0 Å². The molecule has 2 aliphatic rings. The van der Waals surface area contributed by atoms with Gasteiger partial charge in [0.15, 0.2) is 5.82 Å². The lowest BCUT2D eigenvalue weighted by molar-refractivity contribution is -0.134. The Bertz CT molecular complexity index is 1290. The molecule has 11 heteroatoms. The zero-order valence-electron chi connectivity index (χ0n) is 18.9. The molecule has 3 heterocycles. The number of anilines is 2. The summed E-state index contributed by atoms with van der Waals surface area (Å²) in [5.74, 6) is -3.42. The second-order valence-corrected chi connectivity index (χ2v) is 8.55. The van der Waals surface area contributed by atoms with Gasteiger partial charge in [0.25, 0.3) is 0 Å². The molecule has 1 unspecified atom stereocenters. The molecule has 1 atom stereocenters. The van der Waals surface area contributed by atoms with E-state index in [4.69, 9.17) is 4.74 Å². The van der Waals surface area contributed by atoms with E-state index in [0.29, 0.717) is 11.5 Å². The third-order valence-corrected chi connectivity index (χ3v) is 6.07. The highest BCUT2D eigenvalue weighted by atomic mass is 19.1. The van der Waals surface area contributed by atoms with Gasteiger partial charge in [0.1, 0.15) is 17.7 Å². The van der Waals surface area contributed by atoms with Crippen molar-refractivity contribution >= 4 is 29.3 Å². The fourth-order valence-corrected chi connectivity index (χ4v) is 4.21. The first-order valence-corrected chi connectivity index (χ1v) is 11.3. The summed E-state index contributed by atoms with van der Waals surface area (Å²) >= 11 is 0. The number of ether oxygens (including phenoxy) is 1. The number of aromatic nitrogens is 2. The van der Waals surface area contributed by atoms with Gasteiger partial charge in [-0.05, 0) is 18.6 Å². The van der Waals surface area contributed by atoms with Crippen LogP contribution in [0.1, 0.15) is 24.3 Å². The smallest absolute Gasteiger partial charge is 0.412 e. The lowest BCUT2D eigenvalue weighted by Gasteiger charge is -2.40. The monoisotopic (exact) mass is 493 g/mol. The van der Waals surface area contributed by atoms with Gasteiger partial charge in [-0.2, -0.15) is 0 Å². The molecule has 184 valence electrons. The summed E-state index contributed by atoms with van der Waals surface area (Å²) in [4.78, 5) is 45.6. The van der Waals surface area contributed by atoms with Gasteiger partial charge >= 0.3 is 6.09 Å². The lowest BCUT2D eigenvalue weighted by atomic mass is 9.89. The van der Waals surface area contributed by atoms with E-state index in [2.05, 4.69) is 20.6 Å². The van der Waals surface area contributed by atoms with E-state index in [1.165, 1.54) is 12.4 Å². The molecular formula is C25H21F2N5O4. The Balaban J connectivity index is 1.15. The lowest BCUT2D eigenvalue weighted by Crippen LogP contribution is -2.53. The number of carbonyl (C=O) groups excluding carboxylic acids is 3. The first kappa shape index (κ1) is 23.3. The van der Waals surface area contributed by atoms with Crippen molar-refractivity contribution in [2.24, 2.45) is 0 Å². The van der Waals surface area contributed by atoms with Crippen molar-refractivity contribution in [1.82, 2.24) is 15.3 Å². The predicted octanol–water partition coefficient (Wildman–Crippen LogP) is 3.38. The molecule has 2 fully saturated rings. The van der Waals surface area contributed by atoms with E-state index in [-0.39, 0.29) is 37.2 Å². The maximum atomic E-state index is 14.7. The van der Waals surface area contributed by atoms with Crippen LogP contribution in [0.4, 0.5) is 25.0 Å². The number of nitrogens with zero attached hydrogens (tertiary/aromatic N) is 3. The highest BCUT2D eigenvalue weighted by Gasteiger charge is 2.35. The number of imide groups is 1. The van der Waals surface area contributed by atoms with Crippen LogP contribution in [0.15, 0.2) is 54.9 Å². The highest BCUT2D eigenvalue weighted by molar-refractivity contribution is 6.01. The first-order valence-electron chi connectivity index (χ1n) is 11.3. The Labute approximate surface area is 204 Å². The van der Waals surface area contributed by atoms with Gasteiger partial charge in [-0.3, -0.25) is 20.2 Å². The van der Waals surface area contributed by atoms with Crippen molar-refractivity contribution < 1.29 is 27.9 Å². The van der Waals surface area contributed by atoms with Crippen LogP contribution in [-0.2, 0) is 14.3 Å². The summed E-state index contributed by atoms with van der Waals surface area (Å²) < 4.78 is 34.8. The topological polar surface area (TPSA) is 114 Å². The molecule has 36 heavy (non-hydrogen) atoms. The largest absolute Gasteiger partial charge is 0.442 e. The molecule has 0 spiro atoms. The molecular weight excluding hydrogens is 472 g/mol. The van der Waals surface area contributed by atoms with E-state index in [0.717, 1.165) is 17.7 Å². The fourth-order valence-electron chi connectivity index (χ4n) is 4.21. The Morgan fingerprint density at radius 2 is 1.72 bits per heavy atom. The summed E-state index contributed by atoms with van der Waals surface area (Å²) in [7, 11) is 0. The Morgan fingerprint density at radius 1 is 1.06 bits per heavy atom. The number of carbonyl (C=O) groups is 3. The van der Waals surface area contributed by atoms with E-state index in [1.54, 1.807) is 4.90 Å². The third-order valence-electron chi connectivity index (χ3n) is 6.07. The molecule has 2 aliphatic heterocycles. The van der Waals surface area contributed by atoms with Crippen LogP contribution >= 0.6 is 0 Å². The summed E-state index contributed by atoms with van der Waals surface area (Å²) in [6.07, 6.45) is 1.84. The van der Waals surface area contributed by atoms with Crippen LogP contribution in [0.5, 0.6) is 0 Å². The second kappa shape index (κ2) is 9.68. The van der Waals surface area contributed by atoms with Crippen molar-refractivity contribution in [2.75, 3.05) is 23.3 Å². The maximum absolute atomic E-state index is 14.7. The van der Waals surface area contributed by atoms with E-state index < -0.39 is 41.6 Å². The van der Waals surface area contributed by atoms with Gasteiger partial charge in [-0.25, -0.2) is 23.5 Å². The van der Waals surface area contributed by atoms with E-state index in [9.17, 15) is 23.2 Å². The molecule has 3 aromatic rings. The average Bonchev–Trinajstić information content (AvgIpc) is 2.83. The molecule has 2 saturated heterocycles. The summed E-state index contributed by atoms with van der Waals surface area (Å²) in [6, 6.07) is 11.7. The molecule has 5 rings (SSSR count). The SMILES string of the molecule is O=C1CCC(c2c(F)cc(N3CC(OC(=O)Nc4cnc(-c5ccccc5)nc4)C3)cc2F)C(=O)N1. The van der Waals surface area contributed by atoms with Gasteiger partial charge in [0.05, 0.1) is 37.1 Å². The molecule has 1 aromatic heterocycles. The number of hydrogen-bond acceptors (Lipinski definition) is 7. The molecule has 0 saturated carbocycles. The van der Waals surface area contributed by atoms with Crippen LogP contribution in [-0.4, -0.2) is 47.1 Å². The Morgan fingerprint density at radius 3 is 2.36 bits per heavy atom. The molecule has 3 amide bonds. The standard InChI is InChI=1S/C25H21F2N5O4/c26-19-8-16(9-20(27)22(19)18-6-7-21(33)31-24(18)34)32-12-17(13-32)36-25(35)30-15-10-28-23(29-11-15)14-4-2-1-3-5-14/h1-5,8-11,17-18H,6-7,12-13H2,(H,30,35)(H,31,33,34). The molecule has 2 aromatic carbocycles. The predicted molar refractivity (Wildman–Crippen MR) is 125 cm³/mol. The summed E-state index contributed by atoms with van der Waals surface area (Å²) in [5.41, 5.74) is 1.13. The van der Waals surface area contributed by atoms with Crippen molar-refractivity contribution in [2.45, 2.75) is 24.9 Å². The second-order valence-electron chi connectivity index (χ2n) is 8.55. The number of rotatable bonds is 5. The molecule has 0 bridgehead atoms. The quantitative estimate of drug-likeness (QED) is 0.524. The van der Waals surface area contributed by atoms with E-state index in [1.807, 2.05) is 30.3 Å². The van der Waals surface area contributed by atoms with Crippen molar-refractivity contribution in [3.8, 4) is 11.4 Å². The number of amides is 3. The zero-order valence-corrected chi connectivity index (χ0v) is 18.9. The average molecular weight is 493 g/mol. The van der Waals surface area contributed by atoms with Crippen LogP contribution in [0, 0.1) is 11.6 Å². The number of piperidine rings is 1. The molecule has 2 N–H and O–H groups in total. The minimum absolute atomic E-state index is 0.0214. The maximum Gasteiger partial charge on any atom is 0.412 e. The summed E-state index contributed by atoms with van der Waals surface area (Å²) in [6.45, 7) is 0.487. The van der Waals surface area contributed by atoms with Gasteiger partial charge in [-0.1, -0.05) is 30.3 Å². The number of benzene rings is 2. The minimum Gasteiger partial charge on any atom is -0.442 e. The summed E-state index contributed by atoms with van der Waals surface area (Å²) in [5, 5.41) is 4.67. The van der Waals surface area contributed by atoms with Gasteiger partial charge in [0, 0.05) is 23.2 Å². The van der Waals surface area contributed by atoms with Crippen molar-refractivity contribution in [3.63, 3.8) is 0 Å². The molecule has 0 radical (unpaired) electrons. The van der Waals surface area contributed by atoms with Crippen LogP contribution in [0.2, 0.25) is 0 Å². The van der Waals surface area contributed by atoms with Crippen LogP contribution in [0.25, 0.3) is 11.4 Å². The van der Waals surface area contributed by atoms with Crippen molar-refractivity contribution in [3.05, 3.63) is 72.1 Å². The fraction of sp³-hybridized carbons (Fsp3) is 0.240. The first-order chi connectivity index (χ1) is 17.4. The normalized spacial score (nSPS) is 17.8. The number of hydrogen-bond donors (Lipinski definition) is 2. The number of halogens is 2. The Kier molecular flexibility index (Phi) is 6.28. The van der Waals surface area contributed by atoms with Gasteiger partial charge < -0.3 is 9.64 Å². The van der Waals surface area contributed by atoms with Gasteiger partial charge in [0.2, 0.25) is 11.8 Å². The van der Waals surface area contributed by atoms with E-state index >= 15 is 0 Å². The zero-order chi connectivity index (χ0) is 25.2. The number of nitrogens with one attached hydrogen (secondary N) is 2. The molecule has 0 aliphatic carbocycles. The third kappa shape index (κ3) is 4.85. The highest BCUT2D eigenvalue weighted by Crippen LogP contribution is 2.33. The minimum atomic E-state index is -1.06. The van der Waals surface area contributed by atoms with Crippen molar-refractivity contribution in [1.29, 1.82) is 0 Å². The van der Waals surface area contributed by atoms with Crippen LogP contribution in [0.3, 0.4) is 0 Å². The van der Waals surface area contributed by atoms with Crippen LogP contribution < -0.4 is 15.5 Å². The Hall–Kier alpha value is -4.41.